The van der Waals surface area contributed by atoms with Gasteiger partial charge >= 0.3 is 6.03 Å². The van der Waals surface area contributed by atoms with E-state index in [4.69, 9.17) is 16.1 Å². The van der Waals surface area contributed by atoms with Gasteiger partial charge < -0.3 is 9.42 Å². The van der Waals surface area contributed by atoms with Gasteiger partial charge in [0.25, 0.3) is 0 Å². The van der Waals surface area contributed by atoms with E-state index in [0.29, 0.717) is 42.6 Å². The van der Waals surface area contributed by atoms with Gasteiger partial charge in [-0.15, -0.1) is 0 Å². The van der Waals surface area contributed by atoms with E-state index in [2.05, 4.69) is 39.3 Å². The molecular weight excluding hydrogens is 448 g/mol. The zero-order chi connectivity index (χ0) is 23.3. The standard InChI is InChI=1S/C27H23ClN4O2/c28-23-12-6-4-8-20(23)14-15-24(21-9-2-1-3-10-21)31-16-18-32(19-17-31)27(33)29-26-22-11-5-7-13-25(22)34-30-26/h1-13,24H,16-19H2,(H,29,30,33). The summed E-state index contributed by atoms with van der Waals surface area (Å²) >= 11 is 6.31. The van der Waals surface area contributed by atoms with Crippen molar-refractivity contribution in [2.24, 2.45) is 0 Å². The highest BCUT2D eigenvalue weighted by atomic mass is 35.5. The van der Waals surface area contributed by atoms with Gasteiger partial charge in [-0.05, 0) is 29.8 Å². The fourth-order valence-electron chi connectivity index (χ4n) is 4.07. The number of halogens is 1. The molecular formula is C27H23ClN4O2. The number of benzene rings is 3. The Morgan fingerprint density at radius 1 is 0.941 bits per heavy atom. The smallest absolute Gasteiger partial charge is 0.323 e. The molecule has 2 amide bonds. The van der Waals surface area contributed by atoms with Gasteiger partial charge in [-0.2, -0.15) is 0 Å². The largest absolute Gasteiger partial charge is 0.354 e. The number of amides is 2. The molecule has 1 fully saturated rings. The molecule has 1 unspecified atom stereocenters. The third-order valence-corrected chi connectivity index (χ3v) is 6.23. The van der Waals surface area contributed by atoms with Crippen molar-refractivity contribution in [2.75, 3.05) is 31.5 Å². The van der Waals surface area contributed by atoms with Crippen LogP contribution in [0.25, 0.3) is 11.0 Å². The highest BCUT2D eigenvalue weighted by molar-refractivity contribution is 6.31. The molecule has 3 aromatic carbocycles. The zero-order valence-corrected chi connectivity index (χ0v) is 19.2. The molecule has 4 aromatic rings. The maximum absolute atomic E-state index is 12.9. The number of carbonyl (C=O) groups is 1. The van der Waals surface area contributed by atoms with Crippen molar-refractivity contribution in [1.29, 1.82) is 0 Å². The molecule has 0 spiro atoms. The summed E-state index contributed by atoms with van der Waals surface area (Å²) in [4.78, 5) is 17.0. The van der Waals surface area contributed by atoms with Crippen LogP contribution >= 0.6 is 11.6 Å². The van der Waals surface area contributed by atoms with E-state index in [1.54, 1.807) is 4.90 Å². The molecule has 1 aliphatic heterocycles. The van der Waals surface area contributed by atoms with Crippen molar-refractivity contribution in [3.63, 3.8) is 0 Å². The molecule has 34 heavy (non-hydrogen) atoms. The van der Waals surface area contributed by atoms with E-state index >= 15 is 0 Å². The first kappa shape index (κ1) is 22.0. The number of nitrogens with one attached hydrogen (secondary N) is 1. The summed E-state index contributed by atoms with van der Waals surface area (Å²) in [7, 11) is 0. The second kappa shape index (κ2) is 10.0. The van der Waals surface area contributed by atoms with Gasteiger partial charge in [0, 0.05) is 31.7 Å². The molecule has 1 aromatic heterocycles. The second-order valence-electron chi connectivity index (χ2n) is 8.04. The molecule has 0 bridgehead atoms. The van der Waals surface area contributed by atoms with Gasteiger partial charge in [-0.25, -0.2) is 4.79 Å². The average Bonchev–Trinajstić information content (AvgIpc) is 3.29. The lowest BCUT2D eigenvalue weighted by molar-refractivity contribution is 0.131. The van der Waals surface area contributed by atoms with Crippen LogP contribution in [-0.4, -0.2) is 47.2 Å². The normalized spacial score (nSPS) is 14.9. The van der Waals surface area contributed by atoms with Gasteiger partial charge in [0.15, 0.2) is 11.4 Å². The van der Waals surface area contributed by atoms with Gasteiger partial charge in [0.1, 0.15) is 0 Å². The van der Waals surface area contributed by atoms with Crippen LogP contribution in [0.5, 0.6) is 0 Å². The molecule has 0 aliphatic carbocycles. The van der Waals surface area contributed by atoms with E-state index in [1.165, 1.54) is 0 Å². The fraction of sp³-hybridized carbons (Fsp3) is 0.185. The Kier molecular flexibility index (Phi) is 6.48. The molecule has 0 saturated carbocycles. The second-order valence-corrected chi connectivity index (χ2v) is 8.45. The van der Waals surface area contributed by atoms with Gasteiger partial charge in [-0.3, -0.25) is 10.2 Å². The zero-order valence-electron chi connectivity index (χ0n) is 18.4. The highest BCUT2D eigenvalue weighted by Crippen LogP contribution is 2.25. The first-order valence-corrected chi connectivity index (χ1v) is 11.5. The summed E-state index contributed by atoms with van der Waals surface area (Å²) in [6.07, 6.45) is 0. The van der Waals surface area contributed by atoms with E-state index < -0.39 is 0 Å². The Morgan fingerprint density at radius 2 is 1.65 bits per heavy atom. The molecule has 1 atom stereocenters. The first-order chi connectivity index (χ1) is 16.7. The van der Waals surface area contributed by atoms with E-state index in [9.17, 15) is 4.79 Å². The molecule has 1 saturated heterocycles. The number of carbonyl (C=O) groups excluding carboxylic acids is 1. The van der Waals surface area contributed by atoms with Crippen LogP contribution in [0.2, 0.25) is 5.02 Å². The SMILES string of the molecule is O=C(Nc1noc2ccccc12)N1CCN(C(C#Cc2ccccc2Cl)c2ccccc2)CC1. The van der Waals surface area contributed by atoms with Crippen LogP contribution in [-0.2, 0) is 0 Å². The van der Waals surface area contributed by atoms with Crippen LogP contribution in [0.1, 0.15) is 17.2 Å². The third kappa shape index (κ3) is 4.76. The number of hydrogen-bond donors (Lipinski definition) is 1. The summed E-state index contributed by atoms with van der Waals surface area (Å²) in [5, 5.41) is 8.31. The van der Waals surface area contributed by atoms with Crippen LogP contribution < -0.4 is 5.32 Å². The predicted molar refractivity (Wildman–Crippen MR) is 134 cm³/mol. The number of nitrogens with zero attached hydrogens (tertiary/aromatic N) is 3. The Balaban J connectivity index is 1.29. The fourth-order valence-corrected chi connectivity index (χ4v) is 4.25. The minimum atomic E-state index is -0.183. The quantitative estimate of drug-likeness (QED) is 0.406. The predicted octanol–water partition coefficient (Wildman–Crippen LogP) is 5.42. The number of hydrogen-bond acceptors (Lipinski definition) is 4. The highest BCUT2D eigenvalue weighted by Gasteiger charge is 2.27. The first-order valence-electron chi connectivity index (χ1n) is 11.1. The van der Waals surface area contributed by atoms with Crippen molar-refractivity contribution >= 4 is 34.4 Å². The molecule has 170 valence electrons. The van der Waals surface area contributed by atoms with Gasteiger partial charge in [0.05, 0.1) is 16.5 Å². The number of urea groups is 1. The van der Waals surface area contributed by atoms with Crippen molar-refractivity contribution in [1.82, 2.24) is 15.0 Å². The number of fused-ring (bicyclic) bond motifs is 1. The maximum atomic E-state index is 12.9. The maximum Gasteiger partial charge on any atom is 0.323 e. The molecule has 1 aliphatic rings. The summed E-state index contributed by atoms with van der Waals surface area (Å²) in [5.74, 6) is 7.11. The van der Waals surface area contributed by atoms with Gasteiger partial charge in [0.2, 0.25) is 0 Å². The number of aromatic nitrogens is 1. The molecule has 6 nitrogen and oxygen atoms in total. The monoisotopic (exact) mass is 470 g/mol. The van der Waals surface area contributed by atoms with Crippen molar-refractivity contribution in [3.05, 3.63) is 95.0 Å². The molecule has 0 radical (unpaired) electrons. The van der Waals surface area contributed by atoms with Crippen LogP contribution in [0.15, 0.2) is 83.4 Å². The van der Waals surface area contributed by atoms with Crippen LogP contribution in [0.4, 0.5) is 10.6 Å². The average molecular weight is 471 g/mol. The van der Waals surface area contributed by atoms with Crippen LogP contribution in [0, 0.1) is 11.8 Å². The lowest BCUT2D eigenvalue weighted by atomic mass is 10.0. The Morgan fingerprint density at radius 3 is 2.44 bits per heavy atom. The summed E-state index contributed by atoms with van der Waals surface area (Å²) in [5.41, 5.74) is 2.57. The molecule has 2 heterocycles. The summed E-state index contributed by atoms with van der Waals surface area (Å²) in [6, 6.07) is 25.0. The van der Waals surface area contributed by atoms with E-state index in [-0.39, 0.29) is 12.1 Å². The minimum absolute atomic E-state index is 0.0952. The minimum Gasteiger partial charge on any atom is -0.354 e. The topological polar surface area (TPSA) is 61.6 Å². The third-order valence-electron chi connectivity index (χ3n) is 5.90. The number of piperazine rings is 1. The Bertz CT molecular complexity index is 1350. The van der Waals surface area contributed by atoms with Crippen molar-refractivity contribution in [2.45, 2.75) is 6.04 Å². The lowest BCUT2D eigenvalue weighted by Gasteiger charge is -2.37. The molecule has 1 N–H and O–H groups in total. The van der Waals surface area contributed by atoms with Gasteiger partial charge in [-0.1, -0.05) is 83.2 Å². The molecule has 7 heteroatoms. The molecule has 5 rings (SSSR count). The van der Waals surface area contributed by atoms with E-state index in [0.717, 1.165) is 16.5 Å². The lowest BCUT2D eigenvalue weighted by Crippen LogP contribution is -2.50. The number of anilines is 1. The Labute approximate surface area is 203 Å². The van der Waals surface area contributed by atoms with E-state index in [1.807, 2.05) is 66.7 Å². The summed E-state index contributed by atoms with van der Waals surface area (Å²) < 4.78 is 5.29. The van der Waals surface area contributed by atoms with Crippen LogP contribution in [0.3, 0.4) is 0 Å². The summed E-state index contributed by atoms with van der Waals surface area (Å²) in [6.45, 7) is 2.56. The number of para-hydroxylation sites is 1. The Hall–Kier alpha value is -3.79. The van der Waals surface area contributed by atoms with Crippen molar-refractivity contribution in [3.8, 4) is 11.8 Å². The number of rotatable bonds is 3. The van der Waals surface area contributed by atoms with Crippen molar-refractivity contribution < 1.29 is 9.32 Å².